The average molecular weight is 547 g/mol. The standard InChI is InChI=1S/C19H14BrCl2N3O3S2/c1-2-28-15-6-3-10(7-12(15)20)8-16-17(26)25(19(29)30-16)24-18(27)23-11-4-5-13(21)14(22)9-11/h3-9H,2H2,1H3,(H2,23,24,27)/b16-8-. The van der Waals surface area contributed by atoms with Gasteiger partial charge < -0.3 is 10.1 Å². The highest BCUT2D eigenvalue weighted by Gasteiger charge is 2.33. The van der Waals surface area contributed by atoms with Crippen LogP contribution in [0.3, 0.4) is 0 Å². The van der Waals surface area contributed by atoms with Crippen LogP contribution in [-0.4, -0.2) is 27.9 Å². The van der Waals surface area contributed by atoms with Crippen LogP contribution in [0.1, 0.15) is 12.5 Å². The lowest BCUT2D eigenvalue weighted by Gasteiger charge is -2.16. The smallest absolute Gasteiger partial charge is 0.338 e. The fourth-order valence-electron chi connectivity index (χ4n) is 2.43. The summed E-state index contributed by atoms with van der Waals surface area (Å²) >= 11 is 21.6. The van der Waals surface area contributed by atoms with E-state index in [4.69, 9.17) is 40.2 Å². The summed E-state index contributed by atoms with van der Waals surface area (Å²) in [6, 6.07) is 9.46. The summed E-state index contributed by atoms with van der Waals surface area (Å²) in [5.74, 6) is 0.280. The molecule has 1 aliphatic rings. The van der Waals surface area contributed by atoms with E-state index in [1.165, 1.54) is 6.07 Å². The Morgan fingerprint density at radius 1 is 1.27 bits per heavy atom. The van der Waals surface area contributed by atoms with Crippen molar-refractivity contribution in [1.82, 2.24) is 10.4 Å². The Bertz CT molecular complexity index is 1070. The first-order chi connectivity index (χ1) is 14.3. The van der Waals surface area contributed by atoms with Gasteiger partial charge >= 0.3 is 6.03 Å². The molecule has 1 heterocycles. The molecule has 2 aromatic rings. The third kappa shape index (κ3) is 5.47. The molecule has 156 valence electrons. The molecular weight excluding hydrogens is 533 g/mol. The van der Waals surface area contributed by atoms with E-state index in [1.54, 1.807) is 18.2 Å². The van der Waals surface area contributed by atoms with Gasteiger partial charge in [0.1, 0.15) is 5.75 Å². The van der Waals surface area contributed by atoms with Gasteiger partial charge in [-0.1, -0.05) is 41.0 Å². The molecular formula is C19H14BrCl2N3O3S2. The molecule has 3 rings (SSSR count). The lowest BCUT2D eigenvalue weighted by Crippen LogP contribution is -2.46. The molecule has 1 saturated heterocycles. The molecule has 0 aromatic heterocycles. The van der Waals surface area contributed by atoms with Crippen molar-refractivity contribution >= 4 is 91.1 Å². The second-order valence-electron chi connectivity index (χ2n) is 5.83. The molecule has 0 saturated carbocycles. The van der Waals surface area contributed by atoms with Crippen molar-refractivity contribution in [1.29, 1.82) is 0 Å². The molecule has 0 radical (unpaired) electrons. The van der Waals surface area contributed by atoms with Crippen LogP contribution in [0.4, 0.5) is 10.5 Å². The molecule has 30 heavy (non-hydrogen) atoms. The number of hydrogen-bond donors (Lipinski definition) is 2. The number of urea groups is 1. The molecule has 0 unspecified atom stereocenters. The predicted octanol–water partition coefficient (Wildman–Crippen LogP) is 6.09. The van der Waals surface area contributed by atoms with E-state index in [0.717, 1.165) is 26.8 Å². The number of ether oxygens (including phenoxy) is 1. The zero-order valence-corrected chi connectivity index (χ0v) is 20.1. The minimum Gasteiger partial charge on any atom is -0.493 e. The number of carbonyl (C=O) groups is 2. The first-order valence-electron chi connectivity index (χ1n) is 8.51. The van der Waals surface area contributed by atoms with Crippen LogP contribution in [0.5, 0.6) is 5.75 Å². The Kier molecular flexibility index (Phi) is 7.65. The SMILES string of the molecule is CCOc1ccc(/C=C2\SC(=S)N(NC(=O)Nc3ccc(Cl)c(Cl)c3)C2=O)cc1Br. The van der Waals surface area contributed by atoms with E-state index < -0.39 is 11.9 Å². The molecule has 1 aliphatic heterocycles. The maximum atomic E-state index is 12.7. The van der Waals surface area contributed by atoms with Crippen molar-refractivity contribution in [3.05, 3.63) is 61.4 Å². The number of benzene rings is 2. The minimum absolute atomic E-state index is 0.209. The Morgan fingerprint density at radius 2 is 2.03 bits per heavy atom. The number of nitrogens with zero attached hydrogens (tertiary/aromatic N) is 1. The van der Waals surface area contributed by atoms with Crippen molar-refractivity contribution in [3.8, 4) is 5.75 Å². The van der Waals surface area contributed by atoms with E-state index in [-0.39, 0.29) is 4.32 Å². The highest BCUT2D eigenvalue weighted by Crippen LogP contribution is 2.33. The number of amides is 3. The van der Waals surface area contributed by atoms with E-state index in [0.29, 0.717) is 33.0 Å². The van der Waals surface area contributed by atoms with E-state index in [2.05, 4.69) is 26.7 Å². The lowest BCUT2D eigenvalue weighted by molar-refractivity contribution is -0.123. The van der Waals surface area contributed by atoms with E-state index >= 15 is 0 Å². The highest BCUT2D eigenvalue weighted by molar-refractivity contribution is 9.10. The predicted molar refractivity (Wildman–Crippen MR) is 129 cm³/mol. The largest absolute Gasteiger partial charge is 0.493 e. The van der Waals surface area contributed by atoms with Gasteiger partial charge in [-0.05, 0) is 77.0 Å². The molecule has 0 spiro atoms. The van der Waals surface area contributed by atoms with Gasteiger partial charge in [0.2, 0.25) is 0 Å². The van der Waals surface area contributed by atoms with Crippen molar-refractivity contribution in [2.75, 3.05) is 11.9 Å². The lowest BCUT2D eigenvalue weighted by atomic mass is 10.2. The van der Waals surface area contributed by atoms with Crippen LogP contribution >= 0.6 is 63.1 Å². The summed E-state index contributed by atoms with van der Waals surface area (Å²) < 4.78 is 6.46. The summed E-state index contributed by atoms with van der Waals surface area (Å²) in [6.45, 7) is 2.45. The molecule has 2 N–H and O–H groups in total. The Labute approximate surface area is 201 Å². The average Bonchev–Trinajstić information content (AvgIpc) is 2.94. The van der Waals surface area contributed by atoms with Gasteiger partial charge in [0.15, 0.2) is 4.32 Å². The number of hydrazine groups is 1. The molecule has 3 amide bonds. The maximum Gasteiger partial charge on any atom is 0.338 e. The van der Waals surface area contributed by atoms with Crippen molar-refractivity contribution in [2.45, 2.75) is 6.92 Å². The second kappa shape index (κ2) is 10.0. The van der Waals surface area contributed by atoms with Crippen molar-refractivity contribution in [2.24, 2.45) is 0 Å². The Morgan fingerprint density at radius 3 is 2.70 bits per heavy atom. The Hall–Kier alpha value is -1.78. The summed E-state index contributed by atoms with van der Waals surface area (Å²) in [6.07, 6.45) is 1.69. The van der Waals surface area contributed by atoms with Crippen LogP contribution in [0.25, 0.3) is 6.08 Å². The second-order valence-corrected chi connectivity index (χ2v) is 9.18. The molecule has 11 heteroatoms. The molecule has 2 aromatic carbocycles. The fourth-order valence-corrected chi connectivity index (χ4v) is 4.42. The van der Waals surface area contributed by atoms with Gasteiger partial charge in [-0.25, -0.2) is 10.2 Å². The molecule has 0 bridgehead atoms. The topological polar surface area (TPSA) is 70.7 Å². The summed E-state index contributed by atoms with van der Waals surface area (Å²) in [7, 11) is 0. The summed E-state index contributed by atoms with van der Waals surface area (Å²) in [5, 5.41) is 4.25. The number of anilines is 1. The molecule has 0 aliphatic carbocycles. The molecule has 0 atom stereocenters. The Balaban J connectivity index is 1.69. The number of hydrogen-bond acceptors (Lipinski definition) is 5. The number of carbonyl (C=O) groups excluding carboxylic acids is 2. The van der Waals surface area contributed by atoms with Gasteiger partial charge in [0, 0.05) is 5.69 Å². The van der Waals surface area contributed by atoms with Gasteiger partial charge in [-0.15, -0.1) is 0 Å². The van der Waals surface area contributed by atoms with Gasteiger partial charge in [-0.3, -0.25) is 4.79 Å². The van der Waals surface area contributed by atoms with Gasteiger partial charge in [0.25, 0.3) is 5.91 Å². The molecule has 6 nitrogen and oxygen atoms in total. The van der Waals surface area contributed by atoms with E-state index in [1.807, 2.05) is 25.1 Å². The molecule has 1 fully saturated rings. The van der Waals surface area contributed by atoms with Crippen LogP contribution in [0.15, 0.2) is 45.8 Å². The quantitative estimate of drug-likeness (QED) is 0.350. The number of thiocarbonyl (C=S) groups is 1. The summed E-state index contributed by atoms with van der Waals surface area (Å²) in [4.78, 5) is 25.3. The zero-order valence-electron chi connectivity index (χ0n) is 15.4. The highest BCUT2D eigenvalue weighted by atomic mass is 79.9. The van der Waals surface area contributed by atoms with Gasteiger partial charge in [-0.2, -0.15) is 5.01 Å². The fraction of sp³-hybridized carbons (Fsp3) is 0.105. The summed E-state index contributed by atoms with van der Waals surface area (Å²) in [5.41, 5.74) is 3.64. The van der Waals surface area contributed by atoms with E-state index in [9.17, 15) is 9.59 Å². The van der Waals surface area contributed by atoms with Crippen molar-refractivity contribution in [3.63, 3.8) is 0 Å². The normalized spacial score (nSPS) is 14.9. The first kappa shape index (κ1) is 22.9. The number of halogens is 3. The number of nitrogens with one attached hydrogen (secondary N) is 2. The monoisotopic (exact) mass is 545 g/mol. The van der Waals surface area contributed by atoms with Crippen LogP contribution in [-0.2, 0) is 4.79 Å². The van der Waals surface area contributed by atoms with Crippen molar-refractivity contribution < 1.29 is 14.3 Å². The zero-order chi connectivity index (χ0) is 21.8. The van der Waals surface area contributed by atoms with Crippen LogP contribution in [0, 0.1) is 0 Å². The third-order valence-electron chi connectivity index (χ3n) is 3.74. The van der Waals surface area contributed by atoms with Crippen LogP contribution in [0.2, 0.25) is 10.0 Å². The van der Waals surface area contributed by atoms with Crippen LogP contribution < -0.4 is 15.5 Å². The first-order valence-corrected chi connectivity index (χ1v) is 11.3. The third-order valence-corrected chi connectivity index (χ3v) is 6.40. The number of thioether (sulfide) groups is 1. The number of rotatable bonds is 5. The maximum absolute atomic E-state index is 12.7. The minimum atomic E-state index is -0.644. The van der Waals surface area contributed by atoms with Gasteiger partial charge in [0.05, 0.1) is 26.0 Å².